The predicted molar refractivity (Wildman–Crippen MR) is 149 cm³/mol. The minimum Gasteiger partial charge on any atom is -0.367 e. The normalized spacial score (nSPS) is 19.3. The summed E-state index contributed by atoms with van der Waals surface area (Å²) < 4.78 is 42.4. The number of aromatic amines is 1. The van der Waals surface area contributed by atoms with Crippen molar-refractivity contribution in [2.45, 2.75) is 37.1 Å². The van der Waals surface area contributed by atoms with Crippen molar-refractivity contribution in [2.24, 2.45) is 0 Å². The molecule has 0 unspecified atom stereocenters. The Kier molecular flexibility index (Phi) is 8.01. The summed E-state index contributed by atoms with van der Waals surface area (Å²) in [4.78, 5) is 32.4. The van der Waals surface area contributed by atoms with Crippen LogP contribution in [0.4, 0.5) is 10.1 Å². The number of pyridine rings is 1. The average molecular weight is 556 g/mol. The first-order valence-electron chi connectivity index (χ1n) is 13.4. The highest BCUT2D eigenvalue weighted by atomic mass is 32.2. The van der Waals surface area contributed by atoms with Gasteiger partial charge in [0.15, 0.2) is 0 Å². The lowest BCUT2D eigenvalue weighted by atomic mass is 10.1. The van der Waals surface area contributed by atoms with Crippen LogP contribution in [-0.4, -0.2) is 80.4 Å². The van der Waals surface area contributed by atoms with Gasteiger partial charge in [0.25, 0.3) is 5.91 Å². The van der Waals surface area contributed by atoms with Crippen LogP contribution in [0.25, 0.3) is 10.9 Å². The van der Waals surface area contributed by atoms with Crippen LogP contribution in [0.2, 0.25) is 0 Å². The molecule has 39 heavy (non-hydrogen) atoms. The van der Waals surface area contributed by atoms with Crippen LogP contribution in [0.5, 0.6) is 0 Å². The average Bonchev–Trinajstić information content (AvgIpc) is 2.93. The molecule has 0 radical (unpaired) electrons. The molecule has 2 aliphatic heterocycles. The quantitative estimate of drug-likeness (QED) is 0.465. The first kappa shape index (κ1) is 27.3. The molecular formula is C28H34FN5O4S. The highest BCUT2D eigenvalue weighted by Crippen LogP contribution is 2.28. The van der Waals surface area contributed by atoms with E-state index in [4.69, 9.17) is 0 Å². The number of rotatable bonds is 7. The van der Waals surface area contributed by atoms with Gasteiger partial charge in [0, 0.05) is 68.8 Å². The topological polar surface area (TPSA) is 106 Å². The van der Waals surface area contributed by atoms with Crippen molar-refractivity contribution in [3.05, 3.63) is 70.3 Å². The zero-order valence-electron chi connectivity index (χ0n) is 22.0. The van der Waals surface area contributed by atoms with Gasteiger partial charge in [-0.2, -0.15) is 4.31 Å². The number of amides is 1. The number of nitrogens with zero attached hydrogens (tertiary/aromatic N) is 3. The number of fused-ring (bicyclic) bond motifs is 1. The summed E-state index contributed by atoms with van der Waals surface area (Å²) in [5, 5.41) is 3.26. The summed E-state index contributed by atoms with van der Waals surface area (Å²) in [7, 11) is -3.74. The fourth-order valence-electron chi connectivity index (χ4n) is 5.49. The van der Waals surface area contributed by atoms with Crippen LogP contribution in [0.1, 0.15) is 36.5 Å². The number of sulfonamides is 1. The van der Waals surface area contributed by atoms with Gasteiger partial charge in [0.2, 0.25) is 15.6 Å². The second-order valence-corrected chi connectivity index (χ2v) is 12.1. The van der Waals surface area contributed by atoms with Crippen molar-refractivity contribution in [3.8, 4) is 0 Å². The van der Waals surface area contributed by atoms with Crippen molar-refractivity contribution in [1.82, 2.24) is 19.5 Å². The van der Waals surface area contributed by atoms with Gasteiger partial charge in [-0.3, -0.25) is 14.5 Å². The molecule has 0 spiro atoms. The molecular weight excluding hydrogens is 521 g/mol. The molecule has 2 aliphatic rings. The van der Waals surface area contributed by atoms with E-state index in [2.05, 4.69) is 15.2 Å². The van der Waals surface area contributed by atoms with Gasteiger partial charge in [0.05, 0.1) is 16.1 Å². The Balaban J connectivity index is 1.26. The second kappa shape index (κ2) is 11.4. The summed E-state index contributed by atoms with van der Waals surface area (Å²) >= 11 is 0. The number of benzene rings is 2. The van der Waals surface area contributed by atoms with E-state index >= 15 is 0 Å². The van der Waals surface area contributed by atoms with Crippen molar-refractivity contribution in [1.29, 1.82) is 0 Å². The Morgan fingerprint density at radius 3 is 2.56 bits per heavy atom. The number of halogens is 1. The lowest BCUT2D eigenvalue weighted by Crippen LogP contribution is -2.48. The number of nitrogens with one attached hydrogen (secondary N) is 2. The van der Waals surface area contributed by atoms with Gasteiger partial charge >= 0.3 is 0 Å². The van der Waals surface area contributed by atoms with Crippen LogP contribution < -0.4 is 15.8 Å². The van der Waals surface area contributed by atoms with Gasteiger partial charge in [-0.15, -0.1) is 0 Å². The third-order valence-electron chi connectivity index (χ3n) is 7.69. The molecule has 1 atom stereocenters. The lowest BCUT2D eigenvalue weighted by molar-refractivity contribution is 0.0949. The maximum Gasteiger partial charge on any atom is 0.252 e. The zero-order valence-corrected chi connectivity index (χ0v) is 22.8. The standard InChI is InChI=1S/C28H34FN5O4S/c1-20-6-4-5-12-34(20)39(37,38)21-9-10-25-22(18-21)23(19-27(35)31-25)28(36)30-11-13-32-14-16-33(17-15-32)26-8-3-2-7-24(26)29/h2-3,7-10,18-20H,4-6,11-17H2,1H3,(H,30,36)(H,31,35)/t20-/m0/s1. The number of H-pyrrole nitrogens is 1. The van der Waals surface area contributed by atoms with Crippen LogP contribution >= 0.6 is 0 Å². The summed E-state index contributed by atoms with van der Waals surface area (Å²) in [6.07, 6.45) is 2.63. The van der Waals surface area contributed by atoms with E-state index in [9.17, 15) is 22.4 Å². The summed E-state index contributed by atoms with van der Waals surface area (Å²) in [6, 6.07) is 12.4. The molecule has 1 aromatic heterocycles. The lowest BCUT2D eigenvalue weighted by Gasteiger charge is -2.36. The number of para-hydroxylation sites is 1. The number of piperazine rings is 1. The number of piperidine rings is 1. The Morgan fingerprint density at radius 1 is 1.05 bits per heavy atom. The highest BCUT2D eigenvalue weighted by Gasteiger charge is 2.31. The first-order chi connectivity index (χ1) is 18.7. The third kappa shape index (κ3) is 5.85. The molecule has 2 fully saturated rings. The highest BCUT2D eigenvalue weighted by molar-refractivity contribution is 7.89. The fraction of sp³-hybridized carbons (Fsp3) is 0.429. The van der Waals surface area contributed by atoms with Crippen molar-refractivity contribution < 1.29 is 17.6 Å². The van der Waals surface area contributed by atoms with E-state index in [1.807, 2.05) is 17.9 Å². The second-order valence-electron chi connectivity index (χ2n) is 10.3. The summed E-state index contributed by atoms with van der Waals surface area (Å²) in [5.41, 5.74) is 0.712. The van der Waals surface area contributed by atoms with E-state index in [1.165, 1.54) is 28.6 Å². The third-order valence-corrected chi connectivity index (χ3v) is 9.70. The minimum absolute atomic E-state index is 0.0913. The molecule has 0 saturated carbocycles. The molecule has 0 aliphatic carbocycles. The van der Waals surface area contributed by atoms with Gasteiger partial charge in [-0.25, -0.2) is 12.8 Å². The Labute approximate surface area is 227 Å². The molecule has 11 heteroatoms. The number of carbonyl (C=O) groups is 1. The van der Waals surface area contributed by atoms with E-state index in [1.54, 1.807) is 18.2 Å². The number of hydrogen-bond acceptors (Lipinski definition) is 6. The van der Waals surface area contributed by atoms with Crippen molar-refractivity contribution >= 4 is 32.5 Å². The molecule has 2 aromatic carbocycles. The van der Waals surface area contributed by atoms with Crippen molar-refractivity contribution in [3.63, 3.8) is 0 Å². The summed E-state index contributed by atoms with van der Waals surface area (Å²) in [5.74, 6) is -0.665. The van der Waals surface area contributed by atoms with Gasteiger partial charge in [-0.1, -0.05) is 18.6 Å². The van der Waals surface area contributed by atoms with Gasteiger partial charge in [-0.05, 0) is 50.1 Å². The van der Waals surface area contributed by atoms with Gasteiger partial charge < -0.3 is 15.2 Å². The molecule has 2 N–H and O–H groups in total. The van der Waals surface area contributed by atoms with Gasteiger partial charge in [0.1, 0.15) is 5.82 Å². The number of hydrogen-bond donors (Lipinski definition) is 2. The van der Waals surface area contributed by atoms with E-state index < -0.39 is 21.5 Å². The Hall–Kier alpha value is -3.28. The van der Waals surface area contributed by atoms with Crippen LogP contribution in [0.3, 0.4) is 0 Å². The first-order valence-corrected chi connectivity index (χ1v) is 14.9. The maximum absolute atomic E-state index is 14.1. The number of anilines is 1. The molecule has 9 nitrogen and oxygen atoms in total. The molecule has 208 valence electrons. The molecule has 1 amide bonds. The molecule has 3 aromatic rings. The minimum atomic E-state index is -3.74. The monoisotopic (exact) mass is 555 g/mol. The summed E-state index contributed by atoms with van der Waals surface area (Å²) in [6.45, 7) is 6.16. The van der Waals surface area contributed by atoms with Crippen molar-refractivity contribution in [2.75, 3.05) is 50.7 Å². The number of aromatic nitrogens is 1. The molecule has 0 bridgehead atoms. The molecule has 2 saturated heterocycles. The van der Waals surface area contributed by atoms with Crippen LogP contribution in [0, 0.1) is 5.82 Å². The largest absolute Gasteiger partial charge is 0.367 e. The van der Waals surface area contributed by atoms with Crippen LogP contribution in [0.15, 0.2) is 58.2 Å². The number of carbonyl (C=O) groups excluding carboxylic acids is 1. The van der Waals surface area contributed by atoms with E-state index in [0.717, 1.165) is 32.4 Å². The van der Waals surface area contributed by atoms with E-state index in [0.29, 0.717) is 49.3 Å². The molecule has 5 rings (SSSR count). The van der Waals surface area contributed by atoms with E-state index in [-0.39, 0.29) is 22.3 Å². The smallest absolute Gasteiger partial charge is 0.252 e. The molecule has 3 heterocycles. The Morgan fingerprint density at radius 2 is 1.82 bits per heavy atom. The zero-order chi connectivity index (χ0) is 27.6. The predicted octanol–water partition coefficient (Wildman–Crippen LogP) is 2.78. The maximum atomic E-state index is 14.1. The Bertz CT molecular complexity index is 1520. The van der Waals surface area contributed by atoms with Crippen LogP contribution in [-0.2, 0) is 10.0 Å². The fourth-order valence-corrected chi connectivity index (χ4v) is 7.21. The SMILES string of the molecule is C[C@H]1CCCCN1S(=O)(=O)c1ccc2[nH]c(=O)cc(C(=O)NCCN3CCN(c4ccccc4F)CC3)c2c1.